The number of carbonyl (C=O) groups excluding carboxylic acids is 2. The topological polar surface area (TPSA) is 129 Å². The summed E-state index contributed by atoms with van der Waals surface area (Å²) >= 11 is 0. The molecule has 0 fully saturated rings. The molecule has 120 valence electrons. The maximum absolute atomic E-state index is 11.9. The number of nitriles is 1. The number of ether oxygens (including phenoxy) is 1. The van der Waals surface area contributed by atoms with Gasteiger partial charge in [0.15, 0.2) is 0 Å². The Balaban J connectivity index is 2.71. The summed E-state index contributed by atoms with van der Waals surface area (Å²) < 4.78 is 4.83. The minimum atomic E-state index is -1.12. The minimum Gasteiger partial charge on any atom is -0.480 e. The first-order chi connectivity index (χ1) is 11.0. The van der Waals surface area contributed by atoms with Crippen LogP contribution in [0.15, 0.2) is 36.0 Å². The highest BCUT2D eigenvalue weighted by Crippen LogP contribution is 2.11. The van der Waals surface area contributed by atoms with Gasteiger partial charge in [-0.05, 0) is 31.2 Å². The molecule has 0 aliphatic heterocycles. The van der Waals surface area contributed by atoms with Crippen LogP contribution in [0, 0.1) is 11.3 Å². The minimum absolute atomic E-state index is 0.261. The molecular weight excluding hydrogens is 302 g/mol. The summed E-state index contributed by atoms with van der Waals surface area (Å²) in [4.78, 5) is 33.7. The second-order valence-electron chi connectivity index (χ2n) is 4.20. The summed E-state index contributed by atoms with van der Waals surface area (Å²) in [6.45, 7) is 1.55. The zero-order chi connectivity index (χ0) is 17.2. The molecule has 1 aromatic carbocycles. The molecule has 0 bridgehead atoms. The van der Waals surface area contributed by atoms with Crippen molar-refractivity contribution >= 4 is 23.5 Å². The average Bonchev–Trinajstić information content (AvgIpc) is 2.52. The van der Waals surface area contributed by atoms with E-state index in [0.29, 0.717) is 11.3 Å². The van der Waals surface area contributed by atoms with E-state index in [1.54, 1.807) is 13.0 Å². The molecule has 1 rings (SSSR count). The predicted octanol–water partition coefficient (Wildman–Crippen LogP) is 0.883. The van der Waals surface area contributed by atoms with Crippen molar-refractivity contribution in [1.29, 1.82) is 5.26 Å². The van der Waals surface area contributed by atoms with Crippen LogP contribution in [0.2, 0.25) is 0 Å². The van der Waals surface area contributed by atoms with E-state index in [2.05, 4.69) is 10.6 Å². The summed E-state index contributed by atoms with van der Waals surface area (Å²) in [5.41, 5.74) is 0.437. The smallest absolute Gasteiger partial charge is 0.338 e. The summed E-state index contributed by atoms with van der Waals surface area (Å²) in [6.07, 6.45) is 1.02. The van der Waals surface area contributed by atoms with Gasteiger partial charge in [0.05, 0.1) is 12.2 Å². The van der Waals surface area contributed by atoms with Crippen molar-refractivity contribution in [2.75, 3.05) is 18.5 Å². The molecule has 0 aliphatic carbocycles. The number of carboxylic acids is 1. The summed E-state index contributed by atoms with van der Waals surface area (Å²) in [5, 5.41) is 22.2. The van der Waals surface area contributed by atoms with E-state index in [9.17, 15) is 14.4 Å². The first-order valence-electron chi connectivity index (χ1n) is 6.62. The van der Waals surface area contributed by atoms with Crippen LogP contribution in [0.5, 0.6) is 0 Å². The average molecular weight is 317 g/mol. The standard InChI is InChI=1S/C15H15N3O5/c1-2-23-15(22)10-3-5-12(6-4-10)18-14(21)11(7-16)8-17-9-13(19)20/h3-6,8,17H,2,9H2,1H3,(H,18,21)(H,19,20)/b11-8-. The van der Waals surface area contributed by atoms with Crippen molar-refractivity contribution < 1.29 is 24.2 Å². The van der Waals surface area contributed by atoms with Gasteiger partial charge in [-0.15, -0.1) is 0 Å². The number of hydrogen-bond donors (Lipinski definition) is 3. The number of hydrogen-bond acceptors (Lipinski definition) is 6. The van der Waals surface area contributed by atoms with E-state index in [1.165, 1.54) is 24.3 Å². The Morgan fingerprint density at radius 3 is 2.48 bits per heavy atom. The third kappa shape index (κ3) is 5.89. The molecule has 0 saturated heterocycles. The van der Waals surface area contributed by atoms with Crippen molar-refractivity contribution in [3.05, 3.63) is 41.6 Å². The van der Waals surface area contributed by atoms with Crippen LogP contribution in [0.4, 0.5) is 5.69 Å². The SMILES string of the molecule is CCOC(=O)c1ccc(NC(=O)/C(C#N)=C\NCC(=O)O)cc1. The second-order valence-corrected chi connectivity index (χ2v) is 4.20. The highest BCUT2D eigenvalue weighted by Gasteiger charge is 2.11. The molecule has 0 aromatic heterocycles. The maximum Gasteiger partial charge on any atom is 0.338 e. The molecule has 1 aromatic rings. The van der Waals surface area contributed by atoms with E-state index in [0.717, 1.165) is 6.20 Å². The van der Waals surface area contributed by atoms with Crippen LogP contribution in [0.1, 0.15) is 17.3 Å². The molecular formula is C15H15N3O5. The van der Waals surface area contributed by atoms with Gasteiger partial charge >= 0.3 is 11.9 Å². The number of nitrogens with zero attached hydrogens (tertiary/aromatic N) is 1. The van der Waals surface area contributed by atoms with Crippen LogP contribution in [0.25, 0.3) is 0 Å². The quantitative estimate of drug-likeness (QED) is 0.387. The molecule has 0 saturated carbocycles. The van der Waals surface area contributed by atoms with Crippen LogP contribution in [-0.2, 0) is 14.3 Å². The first-order valence-corrected chi connectivity index (χ1v) is 6.62. The lowest BCUT2D eigenvalue weighted by Gasteiger charge is -2.06. The molecule has 0 spiro atoms. The predicted molar refractivity (Wildman–Crippen MR) is 80.4 cm³/mol. The largest absolute Gasteiger partial charge is 0.480 e. The fourth-order valence-electron chi connectivity index (χ4n) is 1.49. The van der Waals surface area contributed by atoms with Crippen molar-refractivity contribution in [2.45, 2.75) is 6.92 Å². The Hall–Kier alpha value is -3.34. The highest BCUT2D eigenvalue weighted by atomic mass is 16.5. The lowest BCUT2D eigenvalue weighted by Crippen LogP contribution is -2.20. The van der Waals surface area contributed by atoms with Crippen molar-refractivity contribution in [3.8, 4) is 6.07 Å². The van der Waals surface area contributed by atoms with Gasteiger partial charge in [0, 0.05) is 11.9 Å². The Morgan fingerprint density at radius 1 is 1.30 bits per heavy atom. The van der Waals surface area contributed by atoms with Crippen LogP contribution >= 0.6 is 0 Å². The molecule has 3 N–H and O–H groups in total. The number of carbonyl (C=O) groups is 3. The Labute approximate surface area is 132 Å². The number of rotatable bonds is 7. The fourth-order valence-corrected chi connectivity index (χ4v) is 1.49. The Morgan fingerprint density at radius 2 is 1.96 bits per heavy atom. The van der Waals surface area contributed by atoms with Crippen LogP contribution in [0.3, 0.4) is 0 Å². The van der Waals surface area contributed by atoms with Crippen molar-refractivity contribution in [1.82, 2.24) is 5.32 Å². The molecule has 23 heavy (non-hydrogen) atoms. The number of anilines is 1. The molecule has 8 nitrogen and oxygen atoms in total. The van der Waals surface area contributed by atoms with E-state index in [4.69, 9.17) is 15.1 Å². The van der Waals surface area contributed by atoms with Crippen molar-refractivity contribution in [3.63, 3.8) is 0 Å². The molecule has 1 amide bonds. The number of nitrogens with one attached hydrogen (secondary N) is 2. The fraction of sp³-hybridized carbons (Fsp3) is 0.200. The van der Waals surface area contributed by atoms with Gasteiger partial charge in [0.25, 0.3) is 5.91 Å². The number of amides is 1. The van der Waals surface area contributed by atoms with E-state index in [1.807, 2.05) is 0 Å². The van der Waals surface area contributed by atoms with E-state index in [-0.39, 0.29) is 12.2 Å². The van der Waals surface area contributed by atoms with Gasteiger partial charge < -0.3 is 20.5 Å². The van der Waals surface area contributed by atoms with Gasteiger partial charge in [-0.25, -0.2) is 4.79 Å². The highest BCUT2D eigenvalue weighted by molar-refractivity contribution is 6.06. The van der Waals surface area contributed by atoms with E-state index < -0.39 is 24.4 Å². The van der Waals surface area contributed by atoms with Gasteiger partial charge in [0.2, 0.25) is 0 Å². The summed E-state index contributed by atoms with van der Waals surface area (Å²) in [7, 11) is 0. The lowest BCUT2D eigenvalue weighted by atomic mass is 10.2. The van der Waals surface area contributed by atoms with E-state index >= 15 is 0 Å². The molecule has 0 unspecified atom stereocenters. The second kappa shape index (κ2) is 8.84. The maximum atomic E-state index is 11.9. The van der Waals surface area contributed by atoms with Crippen molar-refractivity contribution in [2.24, 2.45) is 0 Å². The van der Waals surface area contributed by atoms with Gasteiger partial charge in [-0.3, -0.25) is 9.59 Å². The molecule has 0 aliphatic rings. The lowest BCUT2D eigenvalue weighted by molar-refractivity contribution is -0.135. The van der Waals surface area contributed by atoms with Gasteiger partial charge in [-0.2, -0.15) is 5.26 Å². The molecule has 0 heterocycles. The Bertz CT molecular complexity index is 659. The first kappa shape index (κ1) is 17.7. The number of carboxylic acid groups (broad SMARTS) is 1. The molecule has 8 heteroatoms. The number of esters is 1. The molecule has 0 radical (unpaired) electrons. The summed E-state index contributed by atoms with van der Waals surface area (Å²) in [6, 6.07) is 7.60. The van der Waals surface area contributed by atoms with Gasteiger partial charge in [0.1, 0.15) is 18.2 Å². The zero-order valence-electron chi connectivity index (χ0n) is 12.3. The third-order valence-corrected chi connectivity index (χ3v) is 2.52. The normalized spacial score (nSPS) is 10.3. The van der Waals surface area contributed by atoms with Gasteiger partial charge in [-0.1, -0.05) is 0 Å². The van der Waals surface area contributed by atoms with Crippen LogP contribution < -0.4 is 10.6 Å². The monoisotopic (exact) mass is 317 g/mol. The third-order valence-electron chi connectivity index (χ3n) is 2.52. The number of aliphatic carboxylic acids is 1. The summed E-state index contributed by atoms with van der Waals surface area (Å²) in [5.74, 6) is -2.29. The van der Waals surface area contributed by atoms with Crippen LogP contribution in [-0.4, -0.2) is 36.1 Å². The zero-order valence-corrected chi connectivity index (χ0v) is 12.3. The Kier molecular flexibility index (Phi) is 6.81. The number of benzene rings is 1. The molecule has 0 atom stereocenters.